The first-order chi connectivity index (χ1) is 13.7. The molecule has 0 spiro atoms. The standard InChI is InChI=1S/C20H24N6O2/c1-21-20(25-13-16-4-5-17(27-2)11-18(16)28-3)24-12-15-6-7-23-19(10-15)26-9-8-22-14-26/h4-11,14H,12-13H2,1-3H3,(H2,21,24,25). The summed E-state index contributed by atoms with van der Waals surface area (Å²) < 4.78 is 12.5. The summed E-state index contributed by atoms with van der Waals surface area (Å²) in [5.41, 5.74) is 2.10. The van der Waals surface area contributed by atoms with Crippen molar-refractivity contribution in [3.63, 3.8) is 0 Å². The predicted octanol–water partition coefficient (Wildman–Crippen LogP) is 2.15. The van der Waals surface area contributed by atoms with Crippen LogP contribution in [0.5, 0.6) is 11.5 Å². The van der Waals surface area contributed by atoms with Gasteiger partial charge in [0.05, 0.1) is 14.2 Å². The summed E-state index contributed by atoms with van der Waals surface area (Å²) in [6, 6.07) is 9.71. The van der Waals surface area contributed by atoms with E-state index < -0.39 is 0 Å². The molecule has 0 saturated carbocycles. The second-order valence-electron chi connectivity index (χ2n) is 5.95. The van der Waals surface area contributed by atoms with Crippen molar-refractivity contribution in [2.45, 2.75) is 13.1 Å². The van der Waals surface area contributed by atoms with E-state index in [0.29, 0.717) is 19.0 Å². The number of nitrogens with one attached hydrogen (secondary N) is 2. The maximum absolute atomic E-state index is 5.44. The summed E-state index contributed by atoms with van der Waals surface area (Å²) in [5.74, 6) is 3.04. The number of pyridine rings is 1. The van der Waals surface area contributed by atoms with Gasteiger partial charge in [-0.25, -0.2) is 9.97 Å². The van der Waals surface area contributed by atoms with Gasteiger partial charge in [-0.05, 0) is 29.8 Å². The largest absolute Gasteiger partial charge is 0.497 e. The Labute approximate surface area is 164 Å². The minimum Gasteiger partial charge on any atom is -0.497 e. The third-order valence-corrected chi connectivity index (χ3v) is 4.20. The maximum atomic E-state index is 5.44. The summed E-state index contributed by atoms with van der Waals surface area (Å²) in [6.45, 7) is 1.19. The normalized spacial score (nSPS) is 11.2. The molecule has 28 heavy (non-hydrogen) atoms. The van der Waals surface area contributed by atoms with Gasteiger partial charge in [-0.1, -0.05) is 0 Å². The number of nitrogens with zero attached hydrogens (tertiary/aromatic N) is 4. The molecule has 0 fully saturated rings. The van der Waals surface area contributed by atoms with Gasteiger partial charge in [0.15, 0.2) is 5.96 Å². The lowest BCUT2D eigenvalue weighted by Crippen LogP contribution is -2.36. The molecular weight excluding hydrogens is 356 g/mol. The SMILES string of the molecule is CN=C(NCc1ccnc(-n2ccnc2)c1)NCc1ccc(OC)cc1OC. The molecule has 0 unspecified atom stereocenters. The van der Waals surface area contributed by atoms with E-state index in [-0.39, 0.29) is 0 Å². The zero-order valence-corrected chi connectivity index (χ0v) is 16.2. The third-order valence-electron chi connectivity index (χ3n) is 4.20. The van der Waals surface area contributed by atoms with Crippen molar-refractivity contribution in [1.29, 1.82) is 0 Å². The van der Waals surface area contributed by atoms with Gasteiger partial charge in [-0.15, -0.1) is 0 Å². The Hall–Kier alpha value is -3.55. The topological polar surface area (TPSA) is 85.6 Å². The van der Waals surface area contributed by atoms with E-state index in [2.05, 4.69) is 25.6 Å². The van der Waals surface area contributed by atoms with Gasteiger partial charge in [0.2, 0.25) is 0 Å². The van der Waals surface area contributed by atoms with Gasteiger partial charge in [0.25, 0.3) is 0 Å². The van der Waals surface area contributed by atoms with Crippen molar-refractivity contribution < 1.29 is 9.47 Å². The highest BCUT2D eigenvalue weighted by Gasteiger charge is 2.07. The molecule has 3 rings (SSSR count). The molecule has 8 nitrogen and oxygen atoms in total. The van der Waals surface area contributed by atoms with E-state index in [1.54, 1.807) is 40.0 Å². The van der Waals surface area contributed by atoms with E-state index in [4.69, 9.17) is 9.47 Å². The van der Waals surface area contributed by atoms with Gasteiger partial charge in [-0.3, -0.25) is 9.56 Å². The van der Waals surface area contributed by atoms with E-state index in [0.717, 1.165) is 28.4 Å². The highest BCUT2D eigenvalue weighted by molar-refractivity contribution is 5.79. The van der Waals surface area contributed by atoms with Gasteiger partial charge in [-0.2, -0.15) is 0 Å². The Morgan fingerprint density at radius 3 is 2.64 bits per heavy atom. The lowest BCUT2D eigenvalue weighted by molar-refractivity contribution is 0.390. The Bertz CT molecular complexity index is 924. The van der Waals surface area contributed by atoms with Crippen molar-refractivity contribution >= 4 is 5.96 Å². The van der Waals surface area contributed by atoms with Crippen LogP contribution in [0, 0.1) is 0 Å². The molecule has 0 aliphatic rings. The average Bonchev–Trinajstić information content (AvgIpc) is 3.29. The first-order valence-corrected chi connectivity index (χ1v) is 8.82. The Kier molecular flexibility index (Phi) is 6.46. The molecule has 146 valence electrons. The van der Waals surface area contributed by atoms with Crippen molar-refractivity contribution in [3.8, 4) is 17.3 Å². The lowest BCUT2D eigenvalue weighted by Gasteiger charge is -2.15. The number of hydrogen-bond donors (Lipinski definition) is 2. The van der Waals surface area contributed by atoms with Gasteiger partial charge in [0, 0.05) is 50.4 Å². The number of imidazole rings is 1. The Morgan fingerprint density at radius 2 is 1.93 bits per heavy atom. The molecule has 0 aliphatic carbocycles. The van der Waals surface area contributed by atoms with Crippen LogP contribution in [-0.4, -0.2) is 41.8 Å². The van der Waals surface area contributed by atoms with Crippen molar-refractivity contribution in [2.75, 3.05) is 21.3 Å². The maximum Gasteiger partial charge on any atom is 0.191 e. The van der Waals surface area contributed by atoms with Crippen LogP contribution in [0.4, 0.5) is 0 Å². The van der Waals surface area contributed by atoms with Crippen molar-refractivity contribution in [2.24, 2.45) is 4.99 Å². The fourth-order valence-electron chi connectivity index (χ4n) is 2.69. The molecule has 8 heteroatoms. The average molecular weight is 380 g/mol. The Balaban J connectivity index is 1.59. The number of rotatable bonds is 7. The molecule has 0 atom stereocenters. The molecule has 2 aromatic heterocycles. The number of aliphatic imine (C=N–C) groups is 1. The van der Waals surface area contributed by atoms with Gasteiger partial charge in [0.1, 0.15) is 23.6 Å². The highest BCUT2D eigenvalue weighted by Crippen LogP contribution is 2.24. The molecule has 0 radical (unpaired) electrons. The number of benzene rings is 1. The molecule has 0 saturated heterocycles. The first-order valence-electron chi connectivity index (χ1n) is 8.82. The summed E-state index contributed by atoms with van der Waals surface area (Å²) >= 11 is 0. The smallest absolute Gasteiger partial charge is 0.191 e. The van der Waals surface area contributed by atoms with E-state index in [1.807, 2.05) is 41.1 Å². The molecule has 0 bridgehead atoms. The van der Waals surface area contributed by atoms with Crippen LogP contribution in [0.25, 0.3) is 5.82 Å². The molecule has 1 aromatic carbocycles. The number of guanidine groups is 1. The van der Waals surface area contributed by atoms with Gasteiger partial charge < -0.3 is 20.1 Å². The number of ether oxygens (including phenoxy) is 2. The van der Waals surface area contributed by atoms with E-state index in [9.17, 15) is 0 Å². The van der Waals surface area contributed by atoms with Crippen LogP contribution >= 0.6 is 0 Å². The number of aromatic nitrogens is 3. The molecule has 2 heterocycles. The second-order valence-corrected chi connectivity index (χ2v) is 5.95. The van der Waals surface area contributed by atoms with Crippen LogP contribution in [-0.2, 0) is 13.1 Å². The summed E-state index contributed by atoms with van der Waals surface area (Å²) in [5, 5.41) is 6.61. The number of methoxy groups -OCH3 is 2. The van der Waals surface area contributed by atoms with Gasteiger partial charge >= 0.3 is 0 Å². The lowest BCUT2D eigenvalue weighted by atomic mass is 10.2. The van der Waals surface area contributed by atoms with E-state index >= 15 is 0 Å². The van der Waals surface area contributed by atoms with Crippen molar-refractivity contribution in [3.05, 3.63) is 66.4 Å². The minimum atomic E-state index is 0.573. The zero-order chi connectivity index (χ0) is 19.8. The Morgan fingerprint density at radius 1 is 1.07 bits per heavy atom. The molecule has 0 aliphatic heterocycles. The summed E-state index contributed by atoms with van der Waals surface area (Å²) in [7, 11) is 5.02. The summed E-state index contributed by atoms with van der Waals surface area (Å²) in [4.78, 5) is 12.7. The van der Waals surface area contributed by atoms with Crippen LogP contribution in [0.15, 0.2) is 60.2 Å². The monoisotopic (exact) mass is 380 g/mol. The van der Waals surface area contributed by atoms with Crippen molar-refractivity contribution in [1.82, 2.24) is 25.2 Å². The van der Waals surface area contributed by atoms with E-state index in [1.165, 1.54) is 0 Å². The minimum absolute atomic E-state index is 0.573. The first kappa shape index (κ1) is 19.2. The molecular formula is C20H24N6O2. The van der Waals surface area contributed by atoms with Crippen LogP contribution in [0.3, 0.4) is 0 Å². The van der Waals surface area contributed by atoms with Crippen LogP contribution < -0.4 is 20.1 Å². The molecule has 2 N–H and O–H groups in total. The quantitative estimate of drug-likeness (QED) is 0.483. The predicted molar refractivity (Wildman–Crippen MR) is 108 cm³/mol. The third kappa shape index (κ3) is 4.79. The second kappa shape index (κ2) is 9.40. The number of hydrogen-bond acceptors (Lipinski definition) is 5. The fraction of sp³-hybridized carbons (Fsp3) is 0.250. The summed E-state index contributed by atoms with van der Waals surface area (Å²) in [6.07, 6.45) is 7.10. The molecule has 0 amide bonds. The molecule has 3 aromatic rings. The fourth-order valence-corrected chi connectivity index (χ4v) is 2.69. The van der Waals surface area contributed by atoms with Crippen LogP contribution in [0.1, 0.15) is 11.1 Å². The highest BCUT2D eigenvalue weighted by atomic mass is 16.5. The van der Waals surface area contributed by atoms with Crippen LogP contribution in [0.2, 0.25) is 0 Å². The zero-order valence-electron chi connectivity index (χ0n) is 16.2.